The lowest BCUT2D eigenvalue weighted by atomic mass is 10.1. The molecular formula is C21H12F2N2O4. The molecule has 144 valence electrons. The minimum atomic E-state index is -1.08. The van der Waals surface area contributed by atoms with Crippen LogP contribution >= 0.6 is 0 Å². The minimum absolute atomic E-state index is 0.0884. The van der Waals surface area contributed by atoms with Crippen LogP contribution in [-0.2, 0) is 0 Å². The molecule has 2 N–H and O–H groups in total. The third-order valence-electron chi connectivity index (χ3n) is 4.21. The Labute approximate surface area is 162 Å². The molecule has 6 nitrogen and oxygen atoms in total. The number of aromatic carboxylic acids is 1. The zero-order valence-corrected chi connectivity index (χ0v) is 14.6. The summed E-state index contributed by atoms with van der Waals surface area (Å²) in [5, 5.41) is 9.07. The molecule has 0 spiro atoms. The van der Waals surface area contributed by atoms with Gasteiger partial charge in [0.05, 0.1) is 16.5 Å². The molecule has 0 saturated heterocycles. The van der Waals surface area contributed by atoms with Crippen molar-refractivity contribution < 1.29 is 23.4 Å². The largest absolute Gasteiger partial charge is 0.478 e. The molecule has 0 bridgehead atoms. The molecule has 0 amide bonds. The lowest BCUT2D eigenvalue weighted by molar-refractivity contribution is 0.0697. The maximum Gasteiger partial charge on any atom is 0.335 e. The van der Waals surface area contributed by atoms with Gasteiger partial charge in [0.1, 0.15) is 17.4 Å². The van der Waals surface area contributed by atoms with Crippen LogP contribution in [0.15, 0.2) is 65.5 Å². The number of halogens is 2. The van der Waals surface area contributed by atoms with Crippen LogP contribution in [0.2, 0.25) is 0 Å². The molecule has 4 aromatic rings. The highest BCUT2D eigenvalue weighted by atomic mass is 19.1. The number of nitrogens with one attached hydrogen (secondary N) is 1. The van der Waals surface area contributed by atoms with Crippen LogP contribution in [0.25, 0.3) is 22.3 Å². The van der Waals surface area contributed by atoms with Crippen LogP contribution in [0.4, 0.5) is 8.78 Å². The number of carboxylic acids is 1. The van der Waals surface area contributed by atoms with Crippen molar-refractivity contribution in [2.45, 2.75) is 0 Å². The topological polar surface area (TPSA) is 92.3 Å². The molecule has 1 aromatic heterocycles. The smallest absolute Gasteiger partial charge is 0.335 e. The molecule has 0 saturated carbocycles. The van der Waals surface area contributed by atoms with Gasteiger partial charge in [0.2, 0.25) is 0 Å². The van der Waals surface area contributed by atoms with Crippen molar-refractivity contribution >= 4 is 16.9 Å². The highest BCUT2D eigenvalue weighted by Crippen LogP contribution is 2.28. The van der Waals surface area contributed by atoms with E-state index in [-0.39, 0.29) is 33.8 Å². The summed E-state index contributed by atoms with van der Waals surface area (Å²) in [4.78, 5) is 30.3. The van der Waals surface area contributed by atoms with E-state index in [0.29, 0.717) is 5.56 Å². The van der Waals surface area contributed by atoms with Gasteiger partial charge in [-0.1, -0.05) is 12.1 Å². The van der Waals surface area contributed by atoms with Crippen LogP contribution in [-0.4, -0.2) is 21.0 Å². The normalized spacial score (nSPS) is 10.8. The van der Waals surface area contributed by atoms with Gasteiger partial charge in [-0.15, -0.1) is 0 Å². The van der Waals surface area contributed by atoms with Crippen LogP contribution < -0.4 is 10.3 Å². The first-order valence-electron chi connectivity index (χ1n) is 8.41. The second kappa shape index (κ2) is 7.16. The van der Waals surface area contributed by atoms with Crippen molar-refractivity contribution in [3.63, 3.8) is 0 Å². The third-order valence-corrected chi connectivity index (χ3v) is 4.21. The first-order chi connectivity index (χ1) is 13.9. The quantitative estimate of drug-likeness (QED) is 0.537. The van der Waals surface area contributed by atoms with E-state index in [1.165, 1.54) is 54.6 Å². The Morgan fingerprint density at radius 3 is 2.34 bits per heavy atom. The fraction of sp³-hybridized carbons (Fsp3) is 0. The summed E-state index contributed by atoms with van der Waals surface area (Å²) in [5.74, 6) is -2.09. The number of rotatable bonds is 4. The number of carbonyl (C=O) groups is 1. The average molecular weight is 394 g/mol. The first-order valence-corrected chi connectivity index (χ1v) is 8.41. The van der Waals surface area contributed by atoms with Crippen LogP contribution in [0.1, 0.15) is 10.4 Å². The number of fused-ring (bicyclic) bond motifs is 1. The highest BCUT2D eigenvalue weighted by molar-refractivity contribution is 5.88. The van der Waals surface area contributed by atoms with E-state index in [2.05, 4.69) is 9.97 Å². The molecule has 29 heavy (non-hydrogen) atoms. The molecule has 0 aliphatic heterocycles. The van der Waals surface area contributed by atoms with Crippen LogP contribution in [0.3, 0.4) is 0 Å². The van der Waals surface area contributed by atoms with Gasteiger partial charge in [-0.25, -0.2) is 18.6 Å². The molecule has 0 aliphatic rings. The van der Waals surface area contributed by atoms with Crippen molar-refractivity contribution in [2.75, 3.05) is 0 Å². The summed E-state index contributed by atoms with van der Waals surface area (Å²) < 4.78 is 32.9. The van der Waals surface area contributed by atoms with Crippen molar-refractivity contribution in [3.8, 4) is 22.9 Å². The van der Waals surface area contributed by atoms with Crippen LogP contribution in [0, 0.1) is 11.6 Å². The highest BCUT2D eigenvalue weighted by Gasteiger charge is 2.13. The van der Waals surface area contributed by atoms with Gasteiger partial charge in [0.25, 0.3) is 5.56 Å². The van der Waals surface area contributed by atoms with Gasteiger partial charge in [0, 0.05) is 11.6 Å². The molecule has 1 heterocycles. The summed E-state index contributed by atoms with van der Waals surface area (Å²) in [7, 11) is 0. The Balaban J connectivity index is 1.74. The van der Waals surface area contributed by atoms with Gasteiger partial charge in [-0.2, -0.15) is 0 Å². The van der Waals surface area contributed by atoms with E-state index in [1.54, 1.807) is 0 Å². The number of benzene rings is 3. The number of carboxylic acid groups (broad SMARTS) is 1. The van der Waals surface area contributed by atoms with Gasteiger partial charge in [-0.05, 0) is 42.5 Å². The van der Waals surface area contributed by atoms with Crippen LogP contribution in [0.5, 0.6) is 11.5 Å². The minimum Gasteiger partial charge on any atom is -0.478 e. The Kier molecular flexibility index (Phi) is 4.52. The van der Waals surface area contributed by atoms with E-state index >= 15 is 0 Å². The van der Waals surface area contributed by atoms with E-state index in [1.807, 2.05) is 0 Å². The zero-order valence-electron chi connectivity index (χ0n) is 14.6. The first kappa shape index (κ1) is 18.3. The van der Waals surface area contributed by atoms with Gasteiger partial charge in [-0.3, -0.25) is 4.79 Å². The zero-order chi connectivity index (χ0) is 20.5. The Morgan fingerprint density at radius 1 is 1.00 bits per heavy atom. The van der Waals surface area contributed by atoms with Crippen molar-refractivity contribution in [1.29, 1.82) is 0 Å². The summed E-state index contributed by atoms with van der Waals surface area (Å²) in [6.07, 6.45) is 0. The molecule has 0 fully saturated rings. The second-order valence-corrected chi connectivity index (χ2v) is 6.15. The summed E-state index contributed by atoms with van der Waals surface area (Å²) in [6, 6.07) is 13.1. The molecular weight excluding hydrogens is 382 g/mol. The number of H-pyrrole nitrogens is 1. The van der Waals surface area contributed by atoms with Gasteiger partial charge in [0.15, 0.2) is 11.6 Å². The number of hydrogen-bond donors (Lipinski definition) is 2. The van der Waals surface area contributed by atoms with E-state index < -0.39 is 23.2 Å². The average Bonchev–Trinajstić information content (AvgIpc) is 2.70. The number of hydrogen-bond acceptors (Lipinski definition) is 4. The SMILES string of the molecule is O=C(O)c1ccc(-c2nc3cc(F)c(Oc4ccc(F)cc4)cc3c(=O)[nH]2)cc1. The maximum absolute atomic E-state index is 14.5. The third kappa shape index (κ3) is 3.68. The Hall–Kier alpha value is -4.07. The summed E-state index contributed by atoms with van der Waals surface area (Å²) in [6.45, 7) is 0. The van der Waals surface area contributed by atoms with E-state index in [9.17, 15) is 18.4 Å². The monoisotopic (exact) mass is 394 g/mol. The number of ether oxygens (including phenoxy) is 1. The number of aromatic nitrogens is 2. The predicted octanol–water partition coefficient (Wildman–Crippen LogP) is 4.36. The van der Waals surface area contributed by atoms with E-state index in [0.717, 1.165) is 6.07 Å². The Morgan fingerprint density at radius 2 is 1.69 bits per heavy atom. The number of nitrogens with zero attached hydrogens (tertiary/aromatic N) is 1. The summed E-state index contributed by atoms with van der Waals surface area (Å²) >= 11 is 0. The summed E-state index contributed by atoms with van der Waals surface area (Å²) in [5.41, 5.74) is 0.151. The molecule has 0 aliphatic carbocycles. The molecule has 0 atom stereocenters. The molecule has 0 unspecified atom stereocenters. The molecule has 8 heteroatoms. The lowest BCUT2D eigenvalue weighted by Gasteiger charge is -2.09. The fourth-order valence-electron chi connectivity index (χ4n) is 2.76. The predicted molar refractivity (Wildman–Crippen MR) is 101 cm³/mol. The second-order valence-electron chi connectivity index (χ2n) is 6.15. The Bertz CT molecular complexity index is 1280. The molecule has 4 rings (SSSR count). The fourth-order valence-corrected chi connectivity index (χ4v) is 2.76. The van der Waals surface area contributed by atoms with Gasteiger partial charge < -0.3 is 14.8 Å². The van der Waals surface area contributed by atoms with Crippen molar-refractivity contribution in [1.82, 2.24) is 9.97 Å². The standard InChI is InChI=1S/C21H12F2N2O4/c22-13-5-7-14(8-6-13)29-18-9-15-17(10-16(18)23)24-19(25-20(15)26)11-1-3-12(4-2-11)21(27)28/h1-10H,(H,27,28)(H,24,25,26). The number of aromatic amines is 1. The van der Waals surface area contributed by atoms with Crippen molar-refractivity contribution in [2.24, 2.45) is 0 Å². The maximum atomic E-state index is 14.5. The van der Waals surface area contributed by atoms with E-state index in [4.69, 9.17) is 9.84 Å². The van der Waals surface area contributed by atoms with Gasteiger partial charge >= 0.3 is 5.97 Å². The molecule has 3 aromatic carbocycles. The lowest BCUT2D eigenvalue weighted by Crippen LogP contribution is -2.10. The molecule has 0 radical (unpaired) electrons. The van der Waals surface area contributed by atoms with Crippen molar-refractivity contribution in [3.05, 3.63) is 88.2 Å².